The van der Waals surface area contributed by atoms with E-state index in [4.69, 9.17) is 4.74 Å². The minimum atomic E-state index is -0.412. The van der Waals surface area contributed by atoms with Gasteiger partial charge in [0.05, 0.1) is 12.5 Å². The summed E-state index contributed by atoms with van der Waals surface area (Å²) in [5, 5.41) is 0. The molecule has 1 spiro atoms. The number of methoxy groups -OCH3 is 1. The maximum Gasteiger partial charge on any atom is 0.119 e. The predicted octanol–water partition coefficient (Wildman–Crippen LogP) is 8.60. The molecule has 0 saturated heterocycles. The van der Waals surface area contributed by atoms with Gasteiger partial charge in [-0.3, -0.25) is 0 Å². The van der Waals surface area contributed by atoms with Crippen LogP contribution in [0.5, 0.6) is 5.75 Å². The molecule has 5 aromatic carbocycles. The van der Waals surface area contributed by atoms with E-state index in [0.717, 1.165) is 5.75 Å². The fraction of sp³-hybridized carbons (Fsp3) is 0.111. The Kier molecular flexibility index (Phi) is 4.78. The third-order valence-corrected chi connectivity index (χ3v) is 8.16. The zero-order valence-corrected chi connectivity index (χ0v) is 21.4. The molecule has 0 amide bonds. The number of ether oxygens (including phenoxy) is 1. The average Bonchev–Trinajstić information content (AvgIpc) is 3.41. The molecule has 0 radical (unpaired) electrons. The van der Waals surface area contributed by atoms with Crippen molar-refractivity contribution < 1.29 is 4.74 Å². The van der Waals surface area contributed by atoms with Gasteiger partial charge >= 0.3 is 0 Å². The van der Waals surface area contributed by atoms with Gasteiger partial charge in [0, 0.05) is 0 Å². The molecule has 0 N–H and O–H groups in total. The summed E-state index contributed by atoms with van der Waals surface area (Å²) < 4.78 is 5.77. The Balaban J connectivity index is 1.71. The van der Waals surface area contributed by atoms with Crippen molar-refractivity contribution in [1.29, 1.82) is 0 Å². The zero-order chi connectivity index (χ0) is 25.1. The minimum Gasteiger partial charge on any atom is -0.497 e. The van der Waals surface area contributed by atoms with Gasteiger partial charge in [0.1, 0.15) is 5.75 Å². The third kappa shape index (κ3) is 2.98. The van der Waals surface area contributed by atoms with Crippen molar-refractivity contribution in [2.45, 2.75) is 19.3 Å². The van der Waals surface area contributed by atoms with Crippen LogP contribution < -0.4 is 4.74 Å². The molecule has 5 aromatic rings. The van der Waals surface area contributed by atoms with Crippen LogP contribution >= 0.6 is 0 Å². The van der Waals surface area contributed by atoms with Crippen molar-refractivity contribution in [3.8, 4) is 16.9 Å². The van der Waals surface area contributed by atoms with Gasteiger partial charge in [-0.15, -0.1) is 0 Å². The van der Waals surface area contributed by atoms with Crippen LogP contribution in [0.1, 0.15) is 44.5 Å². The molecule has 178 valence electrons. The van der Waals surface area contributed by atoms with E-state index >= 15 is 0 Å². The van der Waals surface area contributed by atoms with E-state index in [2.05, 4.69) is 129 Å². The normalized spacial score (nSPS) is 14.5. The smallest absolute Gasteiger partial charge is 0.119 e. The van der Waals surface area contributed by atoms with Crippen LogP contribution in [0.4, 0.5) is 0 Å². The third-order valence-electron chi connectivity index (χ3n) is 8.16. The molecule has 0 aromatic heterocycles. The van der Waals surface area contributed by atoms with Crippen LogP contribution in [0.15, 0.2) is 115 Å². The summed E-state index contributed by atoms with van der Waals surface area (Å²) in [6, 6.07) is 42.6. The number of rotatable bonds is 3. The lowest BCUT2D eigenvalue weighted by atomic mass is 9.67. The first-order chi connectivity index (χ1) is 18.1. The molecule has 0 saturated carbocycles. The topological polar surface area (TPSA) is 9.23 Å². The summed E-state index contributed by atoms with van der Waals surface area (Å²) in [4.78, 5) is 0. The first kappa shape index (κ1) is 21.9. The fourth-order valence-electron chi connectivity index (χ4n) is 6.54. The highest BCUT2D eigenvalue weighted by Gasteiger charge is 2.53. The summed E-state index contributed by atoms with van der Waals surface area (Å²) in [6.07, 6.45) is 0. The van der Waals surface area contributed by atoms with Gasteiger partial charge in [0.25, 0.3) is 0 Å². The van der Waals surface area contributed by atoms with Gasteiger partial charge in [0.15, 0.2) is 0 Å². The molecular formula is C36H28O. The molecule has 7 rings (SSSR count). The quantitative estimate of drug-likeness (QED) is 0.253. The lowest BCUT2D eigenvalue weighted by Gasteiger charge is -2.33. The molecule has 2 aliphatic rings. The van der Waals surface area contributed by atoms with E-state index in [0.29, 0.717) is 0 Å². The Labute approximate surface area is 218 Å². The Hall–Kier alpha value is -4.36. The zero-order valence-electron chi connectivity index (χ0n) is 21.4. The standard InChI is InChI=1S/C36H28O/c1-23-12-16-25(17-13-23)34-30-22-27(37-3)20-21-33(30)36(35(34)26-18-14-24(2)15-19-26)31-10-6-4-8-28(31)29-9-5-7-11-32(29)36/h4-22H,1-3H3. The molecule has 37 heavy (non-hydrogen) atoms. The molecule has 0 unspecified atom stereocenters. The molecule has 1 nitrogen and oxygen atoms in total. The van der Waals surface area contributed by atoms with Gasteiger partial charge in [-0.05, 0) is 81.6 Å². The van der Waals surface area contributed by atoms with Crippen LogP contribution in [0, 0.1) is 13.8 Å². The van der Waals surface area contributed by atoms with E-state index < -0.39 is 5.41 Å². The number of allylic oxidation sites excluding steroid dienone is 1. The molecule has 0 bridgehead atoms. The number of hydrogen-bond donors (Lipinski definition) is 0. The van der Waals surface area contributed by atoms with Crippen LogP contribution in [-0.2, 0) is 5.41 Å². The average molecular weight is 477 g/mol. The van der Waals surface area contributed by atoms with E-state index in [1.54, 1.807) is 7.11 Å². The number of benzene rings is 5. The maximum absolute atomic E-state index is 5.77. The summed E-state index contributed by atoms with van der Waals surface area (Å²) in [7, 11) is 1.75. The fourth-order valence-corrected chi connectivity index (χ4v) is 6.54. The Morgan fingerprint density at radius 3 is 1.59 bits per heavy atom. The van der Waals surface area contributed by atoms with E-state index in [-0.39, 0.29) is 0 Å². The maximum atomic E-state index is 5.77. The lowest BCUT2D eigenvalue weighted by Crippen LogP contribution is -2.26. The highest BCUT2D eigenvalue weighted by atomic mass is 16.5. The second kappa shape index (κ2) is 8.08. The van der Waals surface area contributed by atoms with E-state index in [1.165, 1.54) is 66.8 Å². The summed E-state index contributed by atoms with van der Waals surface area (Å²) in [5.41, 5.74) is 15.1. The van der Waals surface area contributed by atoms with Crippen molar-refractivity contribution in [1.82, 2.24) is 0 Å². The molecule has 1 heteroatoms. The molecule has 0 heterocycles. The number of fused-ring (bicyclic) bond motifs is 7. The van der Waals surface area contributed by atoms with Gasteiger partial charge in [-0.1, -0.05) is 114 Å². The SMILES string of the molecule is COc1ccc2c(c1)C(c1ccc(C)cc1)=C(c1ccc(C)cc1)C21c2ccccc2-c2ccccc21. The molecule has 0 atom stereocenters. The van der Waals surface area contributed by atoms with Crippen LogP contribution in [0.25, 0.3) is 22.3 Å². The predicted molar refractivity (Wildman–Crippen MR) is 153 cm³/mol. The summed E-state index contributed by atoms with van der Waals surface area (Å²) in [5.74, 6) is 0.878. The van der Waals surface area contributed by atoms with Gasteiger partial charge < -0.3 is 4.74 Å². The van der Waals surface area contributed by atoms with E-state index in [1.807, 2.05) is 0 Å². The summed E-state index contributed by atoms with van der Waals surface area (Å²) in [6.45, 7) is 4.30. The van der Waals surface area contributed by atoms with Crippen molar-refractivity contribution in [2.75, 3.05) is 7.11 Å². The molecule has 0 aliphatic heterocycles. The van der Waals surface area contributed by atoms with Gasteiger partial charge in [-0.25, -0.2) is 0 Å². The minimum absolute atomic E-state index is 0.412. The molecule has 0 fully saturated rings. The van der Waals surface area contributed by atoms with E-state index in [9.17, 15) is 0 Å². The second-order valence-corrected chi connectivity index (χ2v) is 10.2. The number of aryl methyl sites for hydroxylation is 2. The Morgan fingerprint density at radius 1 is 0.514 bits per heavy atom. The van der Waals surface area contributed by atoms with Crippen LogP contribution in [-0.4, -0.2) is 7.11 Å². The van der Waals surface area contributed by atoms with Crippen molar-refractivity contribution in [3.63, 3.8) is 0 Å². The van der Waals surface area contributed by atoms with Gasteiger partial charge in [0.2, 0.25) is 0 Å². The molecule has 2 aliphatic carbocycles. The van der Waals surface area contributed by atoms with Crippen LogP contribution in [0.3, 0.4) is 0 Å². The monoisotopic (exact) mass is 476 g/mol. The largest absolute Gasteiger partial charge is 0.497 e. The summed E-state index contributed by atoms with van der Waals surface area (Å²) >= 11 is 0. The van der Waals surface area contributed by atoms with Crippen molar-refractivity contribution in [2.24, 2.45) is 0 Å². The Morgan fingerprint density at radius 2 is 1.03 bits per heavy atom. The first-order valence-electron chi connectivity index (χ1n) is 12.9. The second-order valence-electron chi connectivity index (χ2n) is 10.2. The van der Waals surface area contributed by atoms with Crippen molar-refractivity contribution in [3.05, 3.63) is 160 Å². The first-order valence-corrected chi connectivity index (χ1v) is 12.9. The molecular weight excluding hydrogens is 448 g/mol. The lowest BCUT2D eigenvalue weighted by molar-refractivity contribution is 0.414. The van der Waals surface area contributed by atoms with Crippen LogP contribution in [0.2, 0.25) is 0 Å². The van der Waals surface area contributed by atoms with Crippen molar-refractivity contribution >= 4 is 11.1 Å². The highest BCUT2D eigenvalue weighted by Crippen LogP contribution is 2.65. The highest BCUT2D eigenvalue weighted by molar-refractivity contribution is 6.13. The van der Waals surface area contributed by atoms with Gasteiger partial charge in [-0.2, -0.15) is 0 Å². The Bertz CT molecular complexity index is 1660. The number of hydrogen-bond acceptors (Lipinski definition) is 1.